The number of thioether (sulfide) groups is 2. The van der Waals surface area contributed by atoms with E-state index in [-0.39, 0.29) is 26.5 Å². The van der Waals surface area contributed by atoms with Gasteiger partial charge in [-0.15, -0.1) is 0 Å². The summed E-state index contributed by atoms with van der Waals surface area (Å²) in [4.78, 5) is 47.6. The summed E-state index contributed by atoms with van der Waals surface area (Å²) < 4.78 is 25.8. The molecule has 2 aliphatic rings. The lowest BCUT2D eigenvalue weighted by Gasteiger charge is -2.23. The number of fused-ring (bicyclic) bond motifs is 2. The molecule has 0 bridgehead atoms. The van der Waals surface area contributed by atoms with E-state index in [0.717, 1.165) is 0 Å². The number of rotatable bonds is 8. The number of ether oxygens (including phenoxy) is 4. The van der Waals surface area contributed by atoms with E-state index in [4.69, 9.17) is 30.4 Å². The molecule has 4 aromatic rings. The highest BCUT2D eigenvalue weighted by molar-refractivity contribution is 7.98. The quantitative estimate of drug-likeness (QED) is 0.187. The molecule has 2 unspecified atom stereocenters. The predicted octanol–water partition coefficient (Wildman–Crippen LogP) is 1.20. The van der Waals surface area contributed by atoms with Gasteiger partial charge in [0.05, 0.1) is 18.8 Å². The number of carbonyl (C=O) groups is 2. The van der Waals surface area contributed by atoms with Crippen LogP contribution in [0.4, 0.5) is 11.6 Å². The lowest BCUT2D eigenvalue weighted by Crippen LogP contribution is -2.39. The zero-order chi connectivity index (χ0) is 33.1. The number of imidazole rings is 2. The Labute approximate surface area is 285 Å². The fourth-order valence-electron chi connectivity index (χ4n) is 5.25. The Balaban J connectivity index is 0.000000257. The van der Waals surface area contributed by atoms with Crippen molar-refractivity contribution in [1.82, 2.24) is 39.0 Å². The van der Waals surface area contributed by atoms with Gasteiger partial charge in [-0.05, 0) is 12.5 Å². The van der Waals surface area contributed by atoms with Crippen LogP contribution in [-0.4, -0.2) is 122 Å². The van der Waals surface area contributed by atoms with Crippen LogP contribution in [0.2, 0.25) is 0 Å². The maximum Gasteiger partial charge on any atom is 0.303 e. The summed E-state index contributed by atoms with van der Waals surface area (Å²) in [5, 5.41) is 20.2. The van der Waals surface area contributed by atoms with E-state index in [1.165, 1.54) is 50.9 Å². The van der Waals surface area contributed by atoms with E-state index in [2.05, 4.69) is 29.9 Å². The van der Waals surface area contributed by atoms with Crippen LogP contribution in [0.5, 0.6) is 0 Å². The molecule has 4 aromatic heterocycles. The fourth-order valence-corrected chi connectivity index (χ4v) is 6.46. The third kappa shape index (κ3) is 7.73. The minimum atomic E-state index is -1.04. The summed E-state index contributed by atoms with van der Waals surface area (Å²) in [6.45, 7) is 2.59. The van der Waals surface area contributed by atoms with Gasteiger partial charge in [0.1, 0.15) is 42.0 Å². The fraction of sp³-hybridized carbons (Fsp3) is 0.571. The molecule has 8 atom stereocenters. The average Bonchev–Trinajstić information content (AvgIpc) is 3.77. The van der Waals surface area contributed by atoms with Crippen molar-refractivity contribution in [3.8, 4) is 0 Å². The van der Waals surface area contributed by atoms with Gasteiger partial charge in [0.2, 0.25) is 0 Å². The van der Waals surface area contributed by atoms with Gasteiger partial charge in [0, 0.05) is 25.4 Å². The number of hydrogen-bond acceptors (Lipinski definition) is 18. The summed E-state index contributed by atoms with van der Waals surface area (Å²) in [5.74, 6) is 0.651. The standard InChI is InChI=1S/C15H19N5O5S.C11H15N5O3S.2CH4/c1-7(21)23-11-9(4-26-3)25-15(12(11)24-8(2)22)20-6-19-10-13(16)17-5-18-14(10)20;1-20-2-5-7(17)8(18)11(19-5)16-4-15-6-9(12)13-3-14-10(6)16;;/h5-6,9,11-12,15H,4H2,1-3H3,(H2,16,17,18);3-5,7-8,11,17-18H,2H2,1H3,(H2,12,13,14);2*1H4/t9-,11?,12+,15-;5-,7?,8+,11-;;/m11../s1. The molecule has 2 saturated heterocycles. The minimum absolute atomic E-state index is 0. The highest BCUT2D eigenvalue weighted by atomic mass is 32.2. The zero-order valence-electron chi connectivity index (χ0n) is 25.2. The average molecular weight is 711 g/mol. The minimum Gasteiger partial charge on any atom is -0.456 e. The van der Waals surface area contributed by atoms with Crippen molar-refractivity contribution in [3.63, 3.8) is 0 Å². The smallest absolute Gasteiger partial charge is 0.303 e. The van der Waals surface area contributed by atoms with E-state index in [0.29, 0.717) is 33.8 Å². The Morgan fingerprint density at radius 3 is 1.71 bits per heavy atom. The molecular weight excluding hydrogens is 669 g/mol. The third-order valence-electron chi connectivity index (χ3n) is 7.21. The van der Waals surface area contributed by atoms with Crippen molar-refractivity contribution in [1.29, 1.82) is 0 Å². The second-order valence-electron chi connectivity index (χ2n) is 10.3. The molecule has 0 radical (unpaired) electrons. The van der Waals surface area contributed by atoms with E-state index in [1.54, 1.807) is 20.9 Å². The van der Waals surface area contributed by atoms with Gasteiger partial charge in [0.25, 0.3) is 0 Å². The van der Waals surface area contributed by atoms with Crippen LogP contribution in [0.3, 0.4) is 0 Å². The highest BCUT2D eigenvalue weighted by Gasteiger charge is 2.50. The predicted molar refractivity (Wildman–Crippen MR) is 181 cm³/mol. The number of carbonyl (C=O) groups excluding carboxylic acids is 2. The van der Waals surface area contributed by atoms with E-state index in [1.807, 2.05) is 12.5 Å². The maximum absolute atomic E-state index is 11.6. The molecule has 0 aliphatic carbocycles. The van der Waals surface area contributed by atoms with Gasteiger partial charge in [-0.1, -0.05) is 14.9 Å². The second kappa shape index (κ2) is 16.5. The molecule has 2 aliphatic heterocycles. The first-order valence-corrected chi connectivity index (χ1v) is 16.7. The number of nitrogens with two attached hydrogens (primary N) is 2. The molecule has 0 spiro atoms. The van der Waals surface area contributed by atoms with Gasteiger partial charge in [-0.2, -0.15) is 23.5 Å². The number of aromatic nitrogens is 8. The maximum atomic E-state index is 11.6. The van der Waals surface area contributed by atoms with Gasteiger partial charge in [-0.25, -0.2) is 29.9 Å². The number of anilines is 2. The topological polar surface area (TPSA) is 251 Å². The van der Waals surface area contributed by atoms with Crippen molar-refractivity contribution in [2.45, 2.75) is 77.8 Å². The molecule has 2 fully saturated rings. The monoisotopic (exact) mass is 710 g/mol. The molecule has 6 rings (SSSR count). The van der Waals surface area contributed by atoms with Crippen LogP contribution in [-0.2, 0) is 28.5 Å². The molecule has 6 heterocycles. The summed E-state index contributed by atoms with van der Waals surface area (Å²) in [5.41, 5.74) is 13.3. The summed E-state index contributed by atoms with van der Waals surface area (Å²) in [6, 6.07) is 0. The van der Waals surface area contributed by atoms with Crippen LogP contribution in [0.15, 0.2) is 25.3 Å². The Morgan fingerprint density at radius 1 is 0.750 bits per heavy atom. The number of aliphatic hydroxyl groups excluding tert-OH is 2. The molecule has 0 aromatic carbocycles. The lowest BCUT2D eigenvalue weighted by atomic mass is 10.1. The van der Waals surface area contributed by atoms with E-state index in [9.17, 15) is 19.8 Å². The Bertz CT molecular complexity index is 1690. The Hall–Kier alpha value is -3.82. The van der Waals surface area contributed by atoms with Crippen LogP contribution in [0, 0.1) is 0 Å². The second-order valence-corrected chi connectivity index (χ2v) is 12.2. The summed E-state index contributed by atoms with van der Waals surface area (Å²) >= 11 is 3.07. The van der Waals surface area contributed by atoms with Gasteiger partial charge in [0.15, 0.2) is 47.6 Å². The first kappa shape index (κ1) is 38.6. The number of nitrogens with zero attached hydrogens (tertiary/aromatic N) is 8. The first-order valence-electron chi connectivity index (χ1n) is 13.9. The molecule has 264 valence electrons. The van der Waals surface area contributed by atoms with Gasteiger partial charge < -0.3 is 40.6 Å². The molecular formula is C28H42N10O8S2. The van der Waals surface area contributed by atoms with Crippen LogP contribution in [0.25, 0.3) is 22.3 Å². The van der Waals surface area contributed by atoms with Crippen molar-refractivity contribution in [2.24, 2.45) is 0 Å². The van der Waals surface area contributed by atoms with Crippen molar-refractivity contribution in [3.05, 3.63) is 25.3 Å². The Kier molecular flexibility index (Phi) is 13.3. The molecule has 18 nitrogen and oxygen atoms in total. The zero-order valence-corrected chi connectivity index (χ0v) is 26.9. The lowest BCUT2D eigenvalue weighted by molar-refractivity contribution is -0.165. The van der Waals surface area contributed by atoms with Crippen molar-refractivity contribution >= 4 is 69.4 Å². The molecule has 48 heavy (non-hydrogen) atoms. The van der Waals surface area contributed by atoms with Gasteiger partial charge >= 0.3 is 11.9 Å². The summed E-state index contributed by atoms with van der Waals surface area (Å²) in [7, 11) is 0. The first-order chi connectivity index (χ1) is 22.0. The molecule has 0 amide bonds. The Morgan fingerprint density at radius 2 is 1.21 bits per heavy atom. The largest absolute Gasteiger partial charge is 0.456 e. The van der Waals surface area contributed by atoms with Crippen molar-refractivity contribution < 1.29 is 38.7 Å². The number of esters is 2. The molecule has 0 saturated carbocycles. The van der Waals surface area contributed by atoms with E-state index < -0.39 is 61.0 Å². The van der Waals surface area contributed by atoms with Crippen LogP contribution < -0.4 is 11.5 Å². The molecule has 20 heteroatoms. The normalized spacial score (nSPS) is 26.3. The summed E-state index contributed by atoms with van der Waals surface area (Å²) in [6.07, 6.45) is 3.47. The van der Waals surface area contributed by atoms with Crippen LogP contribution in [0.1, 0.15) is 41.2 Å². The highest BCUT2D eigenvalue weighted by Crippen LogP contribution is 2.37. The SMILES string of the molecule is C.C.CSC[C@H]1O[C@@H](n2cnc3c(N)ncnc32)[C@@H](O)C1O.CSC[C@H]1O[C@@H](n2cnc3c(N)ncnc32)[C@@H](OC(C)=O)C1OC(C)=O. The van der Waals surface area contributed by atoms with E-state index >= 15 is 0 Å². The number of hydrogen-bond donors (Lipinski definition) is 4. The third-order valence-corrected chi connectivity index (χ3v) is 8.53. The van der Waals surface area contributed by atoms with Crippen LogP contribution >= 0.6 is 23.5 Å². The van der Waals surface area contributed by atoms with Gasteiger partial charge in [-0.3, -0.25) is 18.7 Å². The van der Waals surface area contributed by atoms with Crippen molar-refractivity contribution in [2.75, 3.05) is 35.5 Å². The number of aliphatic hydroxyl groups is 2. The number of nitrogen functional groups attached to an aromatic ring is 2. The molecule has 6 N–H and O–H groups in total.